The molecular formula is C22H23NO6. The van der Waals surface area contributed by atoms with Crippen molar-refractivity contribution >= 4 is 18.0 Å². The van der Waals surface area contributed by atoms with E-state index in [4.69, 9.17) is 19.3 Å². The van der Waals surface area contributed by atoms with Crippen LogP contribution in [0.1, 0.15) is 16.7 Å². The molecule has 1 aliphatic heterocycles. The number of benzene rings is 2. The largest absolute Gasteiger partial charge is 0.493 e. The number of hydrogen-bond donors (Lipinski definition) is 1. The number of rotatable bonds is 7. The quantitative estimate of drug-likeness (QED) is 0.723. The number of carboxylic acids is 1. The van der Waals surface area contributed by atoms with Crippen molar-refractivity contribution in [3.05, 3.63) is 59.2 Å². The van der Waals surface area contributed by atoms with E-state index in [1.54, 1.807) is 55.5 Å². The highest BCUT2D eigenvalue weighted by Gasteiger charge is 2.21. The van der Waals surface area contributed by atoms with Gasteiger partial charge in [0.2, 0.25) is 5.91 Å². The fraction of sp³-hybridized carbons (Fsp3) is 0.273. The highest BCUT2D eigenvalue weighted by Crippen LogP contribution is 2.33. The number of nitrogens with zero attached hydrogens (tertiary/aromatic N) is 1. The predicted octanol–water partition coefficient (Wildman–Crippen LogP) is 2.77. The Morgan fingerprint density at radius 2 is 1.72 bits per heavy atom. The third kappa shape index (κ3) is 5.07. The van der Waals surface area contributed by atoms with Gasteiger partial charge in [-0.3, -0.25) is 4.79 Å². The van der Waals surface area contributed by atoms with Gasteiger partial charge in [0, 0.05) is 19.2 Å². The molecule has 1 N–H and O–H groups in total. The van der Waals surface area contributed by atoms with Gasteiger partial charge in [-0.2, -0.15) is 0 Å². The van der Waals surface area contributed by atoms with Gasteiger partial charge < -0.3 is 24.2 Å². The molecule has 3 rings (SSSR count). The van der Waals surface area contributed by atoms with Gasteiger partial charge in [-0.15, -0.1) is 0 Å². The minimum atomic E-state index is -1.03. The molecule has 0 bridgehead atoms. The first kappa shape index (κ1) is 20.3. The Morgan fingerprint density at radius 3 is 2.34 bits per heavy atom. The smallest absolute Gasteiger partial charge is 0.341 e. The van der Waals surface area contributed by atoms with E-state index in [0.717, 1.165) is 23.1 Å². The lowest BCUT2D eigenvalue weighted by Gasteiger charge is -2.28. The van der Waals surface area contributed by atoms with Gasteiger partial charge in [0.1, 0.15) is 5.75 Å². The number of hydrogen-bond acceptors (Lipinski definition) is 5. The summed E-state index contributed by atoms with van der Waals surface area (Å²) in [6.45, 7) is 0.759. The van der Waals surface area contributed by atoms with Crippen molar-refractivity contribution in [2.24, 2.45) is 0 Å². The maximum atomic E-state index is 12.6. The molecule has 0 atom stereocenters. The molecule has 1 heterocycles. The third-order valence-electron chi connectivity index (χ3n) is 4.69. The molecule has 7 nitrogen and oxygen atoms in total. The summed E-state index contributed by atoms with van der Waals surface area (Å²) in [5, 5.41) is 8.62. The molecule has 0 spiro atoms. The fourth-order valence-electron chi connectivity index (χ4n) is 3.16. The van der Waals surface area contributed by atoms with Crippen LogP contribution >= 0.6 is 0 Å². The third-order valence-corrected chi connectivity index (χ3v) is 4.69. The van der Waals surface area contributed by atoms with Crippen LogP contribution in [0.15, 0.2) is 42.5 Å². The highest BCUT2D eigenvalue weighted by atomic mass is 16.5. The summed E-state index contributed by atoms with van der Waals surface area (Å²) >= 11 is 0. The van der Waals surface area contributed by atoms with Gasteiger partial charge in [0.15, 0.2) is 18.1 Å². The molecule has 7 heteroatoms. The topological polar surface area (TPSA) is 85.3 Å². The molecule has 0 radical (unpaired) electrons. The summed E-state index contributed by atoms with van der Waals surface area (Å²) < 4.78 is 15.8. The van der Waals surface area contributed by atoms with Crippen LogP contribution in [0, 0.1) is 0 Å². The first-order valence-corrected chi connectivity index (χ1v) is 9.15. The summed E-state index contributed by atoms with van der Waals surface area (Å²) in [6.07, 6.45) is 4.02. The second-order valence-corrected chi connectivity index (χ2v) is 6.57. The lowest BCUT2D eigenvalue weighted by molar-refractivity contribution is -0.139. The average Bonchev–Trinajstić information content (AvgIpc) is 2.75. The minimum absolute atomic E-state index is 0.0726. The van der Waals surface area contributed by atoms with E-state index in [9.17, 15) is 9.59 Å². The Morgan fingerprint density at radius 1 is 1.07 bits per heavy atom. The highest BCUT2D eigenvalue weighted by molar-refractivity contribution is 5.92. The van der Waals surface area contributed by atoms with Crippen LogP contribution in [0.5, 0.6) is 17.2 Å². The number of aliphatic carboxylic acids is 1. The lowest BCUT2D eigenvalue weighted by Crippen LogP contribution is -2.34. The number of amides is 1. The maximum absolute atomic E-state index is 12.6. The molecule has 0 saturated carbocycles. The molecule has 2 aromatic rings. The Kier molecular flexibility index (Phi) is 6.39. The van der Waals surface area contributed by atoms with Crippen LogP contribution < -0.4 is 14.2 Å². The molecule has 29 heavy (non-hydrogen) atoms. The van der Waals surface area contributed by atoms with Crippen molar-refractivity contribution in [3.8, 4) is 17.2 Å². The second kappa shape index (κ2) is 9.14. The van der Waals surface area contributed by atoms with E-state index in [-0.39, 0.29) is 12.5 Å². The van der Waals surface area contributed by atoms with Gasteiger partial charge in [0.05, 0.1) is 14.2 Å². The van der Waals surface area contributed by atoms with Crippen LogP contribution in [-0.4, -0.2) is 49.3 Å². The van der Waals surface area contributed by atoms with Crippen molar-refractivity contribution in [1.82, 2.24) is 4.90 Å². The van der Waals surface area contributed by atoms with Gasteiger partial charge >= 0.3 is 5.97 Å². The zero-order valence-electron chi connectivity index (χ0n) is 16.4. The van der Waals surface area contributed by atoms with Gasteiger partial charge in [-0.25, -0.2) is 4.79 Å². The molecule has 0 saturated heterocycles. The van der Waals surface area contributed by atoms with Crippen LogP contribution in [0.25, 0.3) is 6.08 Å². The van der Waals surface area contributed by atoms with Crippen LogP contribution in [0.2, 0.25) is 0 Å². The molecule has 0 fully saturated rings. The van der Waals surface area contributed by atoms with Gasteiger partial charge in [0.25, 0.3) is 0 Å². The number of carbonyl (C=O) groups is 2. The second-order valence-electron chi connectivity index (χ2n) is 6.57. The Hall–Kier alpha value is -3.48. The first-order valence-electron chi connectivity index (χ1n) is 9.15. The number of ether oxygens (including phenoxy) is 3. The van der Waals surface area contributed by atoms with Crippen molar-refractivity contribution in [1.29, 1.82) is 0 Å². The fourth-order valence-corrected chi connectivity index (χ4v) is 3.16. The molecule has 0 unspecified atom stereocenters. The van der Waals surface area contributed by atoms with Crippen LogP contribution in [0.3, 0.4) is 0 Å². The van der Waals surface area contributed by atoms with E-state index in [2.05, 4.69) is 0 Å². The number of fused-ring (bicyclic) bond motifs is 1. The van der Waals surface area contributed by atoms with Crippen molar-refractivity contribution in [3.63, 3.8) is 0 Å². The normalized spacial score (nSPS) is 13.1. The summed E-state index contributed by atoms with van der Waals surface area (Å²) in [6, 6.07) is 10.8. The number of carbonyl (C=O) groups excluding carboxylic acids is 1. The van der Waals surface area contributed by atoms with Gasteiger partial charge in [-0.1, -0.05) is 12.1 Å². The monoisotopic (exact) mass is 397 g/mol. The number of methoxy groups -OCH3 is 2. The first-order chi connectivity index (χ1) is 14.0. The summed E-state index contributed by atoms with van der Waals surface area (Å²) in [5.74, 6) is 0.714. The van der Waals surface area contributed by atoms with Crippen molar-refractivity contribution in [2.75, 3.05) is 27.4 Å². The average molecular weight is 397 g/mol. The van der Waals surface area contributed by atoms with Gasteiger partial charge in [-0.05, 0) is 53.5 Å². The van der Waals surface area contributed by atoms with E-state index >= 15 is 0 Å². The molecule has 1 amide bonds. The summed E-state index contributed by atoms with van der Waals surface area (Å²) in [4.78, 5) is 24.9. The molecule has 2 aromatic carbocycles. The summed E-state index contributed by atoms with van der Waals surface area (Å²) in [5.41, 5.74) is 3.04. The minimum Gasteiger partial charge on any atom is -0.493 e. The molecule has 0 aromatic heterocycles. The molecular weight excluding hydrogens is 374 g/mol. The standard InChI is InChI=1S/C22H23NO6/c1-27-19-11-16-9-10-23(13-17(16)12-20(19)28-2)21(24)8-5-15-3-6-18(7-4-15)29-14-22(25)26/h3-8,11-12H,9-10,13-14H2,1-2H3,(H,25,26)/b8-5+. The summed E-state index contributed by atoms with van der Waals surface area (Å²) in [7, 11) is 3.20. The van der Waals surface area contributed by atoms with E-state index in [1.165, 1.54) is 0 Å². The SMILES string of the molecule is COc1cc2c(cc1OC)CN(C(=O)/C=C/c1ccc(OCC(=O)O)cc1)CC2. The van der Waals surface area contributed by atoms with E-state index in [0.29, 0.717) is 30.3 Å². The predicted molar refractivity (Wildman–Crippen MR) is 107 cm³/mol. The maximum Gasteiger partial charge on any atom is 0.341 e. The Labute approximate surface area is 169 Å². The number of carboxylic acid groups (broad SMARTS) is 1. The van der Waals surface area contributed by atoms with Crippen LogP contribution in [-0.2, 0) is 22.6 Å². The lowest BCUT2D eigenvalue weighted by atomic mass is 9.98. The molecule has 1 aliphatic rings. The Balaban J connectivity index is 1.63. The van der Waals surface area contributed by atoms with E-state index < -0.39 is 5.97 Å². The van der Waals surface area contributed by atoms with E-state index in [1.807, 2.05) is 12.1 Å². The molecule has 152 valence electrons. The van der Waals surface area contributed by atoms with Crippen LogP contribution in [0.4, 0.5) is 0 Å². The zero-order valence-corrected chi connectivity index (χ0v) is 16.4. The Bertz CT molecular complexity index is 920. The van der Waals surface area contributed by atoms with Crippen molar-refractivity contribution in [2.45, 2.75) is 13.0 Å². The van der Waals surface area contributed by atoms with Crippen molar-refractivity contribution < 1.29 is 28.9 Å². The zero-order chi connectivity index (χ0) is 20.8. The molecule has 0 aliphatic carbocycles.